The van der Waals surface area contributed by atoms with E-state index in [0.717, 1.165) is 12.0 Å². The number of anilines is 1. The zero-order valence-corrected chi connectivity index (χ0v) is 17.7. The largest absolute Gasteiger partial charge is 0.491 e. The number of amides is 1. The minimum absolute atomic E-state index is 0.108. The minimum atomic E-state index is -0.108. The van der Waals surface area contributed by atoms with Crippen LogP contribution in [-0.4, -0.2) is 65.0 Å². The Morgan fingerprint density at radius 1 is 0.710 bits per heavy atom. The lowest BCUT2D eigenvalue weighted by Gasteiger charge is -2.09. The zero-order chi connectivity index (χ0) is 22.2. The normalized spacial score (nSPS) is 10.5. The fourth-order valence-electron chi connectivity index (χ4n) is 2.46. The summed E-state index contributed by atoms with van der Waals surface area (Å²) in [7, 11) is 0. The van der Waals surface area contributed by atoms with Gasteiger partial charge in [-0.3, -0.25) is 9.59 Å². The first kappa shape index (κ1) is 24.3. The van der Waals surface area contributed by atoms with Crippen molar-refractivity contribution >= 4 is 17.9 Å². The lowest BCUT2D eigenvalue weighted by Crippen LogP contribution is -2.14. The fourth-order valence-corrected chi connectivity index (χ4v) is 2.46. The van der Waals surface area contributed by atoms with Crippen LogP contribution >= 0.6 is 0 Å². The van der Waals surface area contributed by atoms with Gasteiger partial charge >= 0.3 is 0 Å². The van der Waals surface area contributed by atoms with Crippen LogP contribution in [0.2, 0.25) is 0 Å². The average Bonchev–Trinajstić information content (AvgIpc) is 2.78. The molecule has 1 N–H and O–H groups in total. The predicted molar refractivity (Wildman–Crippen MR) is 116 cm³/mol. The molecule has 0 heterocycles. The molecule has 0 atom stereocenters. The van der Waals surface area contributed by atoms with Gasteiger partial charge in [-0.2, -0.15) is 0 Å². The number of carbonyl (C=O) groups excluding carboxylic acids is 2. The maximum atomic E-state index is 11.0. The number of rotatable bonds is 16. The van der Waals surface area contributed by atoms with E-state index in [9.17, 15) is 9.59 Å². The molecule has 0 bridgehead atoms. The van der Waals surface area contributed by atoms with E-state index in [-0.39, 0.29) is 5.91 Å². The second-order valence-corrected chi connectivity index (χ2v) is 6.43. The quantitative estimate of drug-likeness (QED) is 0.323. The van der Waals surface area contributed by atoms with Crippen molar-refractivity contribution in [1.82, 2.24) is 0 Å². The third-order valence-electron chi connectivity index (χ3n) is 3.93. The van der Waals surface area contributed by atoms with Crippen LogP contribution in [-0.2, 0) is 19.0 Å². The van der Waals surface area contributed by atoms with Gasteiger partial charge in [0.2, 0.25) is 5.91 Å². The molecule has 0 spiro atoms. The van der Waals surface area contributed by atoms with Gasteiger partial charge in [0.1, 0.15) is 31.0 Å². The Labute approximate surface area is 182 Å². The van der Waals surface area contributed by atoms with Gasteiger partial charge in [-0.05, 0) is 48.5 Å². The Hall–Kier alpha value is -2.94. The summed E-state index contributed by atoms with van der Waals surface area (Å²) in [6.07, 6.45) is 0.794. The standard InChI is InChI=1S/C23H29NO7/c1-19(26)24-21-4-8-23(9-5-21)31-17-15-29-13-11-27-10-12-28-14-16-30-22-6-2-20(18-25)3-7-22/h2-9,18H,10-17H2,1H3,(H,24,26). The summed E-state index contributed by atoms with van der Waals surface area (Å²) in [5, 5.41) is 2.70. The van der Waals surface area contributed by atoms with Crippen LogP contribution < -0.4 is 14.8 Å². The minimum Gasteiger partial charge on any atom is -0.491 e. The molecule has 0 unspecified atom stereocenters. The van der Waals surface area contributed by atoms with Gasteiger partial charge in [-0.1, -0.05) is 0 Å². The Morgan fingerprint density at radius 2 is 1.13 bits per heavy atom. The molecule has 1 amide bonds. The number of nitrogens with one attached hydrogen (secondary N) is 1. The summed E-state index contributed by atoms with van der Waals surface area (Å²) >= 11 is 0. The van der Waals surface area contributed by atoms with Gasteiger partial charge in [0.05, 0.1) is 39.6 Å². The van der Waals surface area contributed by atoms with Gasteiger partial charge in [0.15, 0.2) is 0 Å². The summed E-state index contributed by atoms with van der Waals surface area (Å²) in [6.45, 7) is 5.16. The molecule has 8 nitrogen and oxygen atoms in total. The fraction of sp³-hybridized carbons (Fsp3) is 0.391. The molecule has 0 aliphatic carbocycles. The second kappa shape index (κ2) is 15.0. The summed E-state index contributed by atoms with van der Waals surface area (Å²) in [5.41, 5.74) is 1.35. The molecule has 2 aromatic carbocycles. The Balaban J connectivity index is 1.36. The van der Waals surface area contributed by atoms with Gasteiger partial charge in [0.25, 0.3) is 0 Å². The van der Waals surface area contributed by atoms with Crippen LogP contribution in [0.5, 0.6) is 11.5 Å². The number of carbonyl (C=O) groups is 2. The summed E-state index contributed by atoms with van der Waals surface area (Å²) in [6, 6.07) is 14.1. The molecule has 0 saturated carbocycles. The average molecular weight is 431 g/mol. The predicted octanol–water partition coefficient (Wildman–Crippen LogP) is 2.97. The highest BCUT2D eigenvalue weighted by Crippen LogP contribution is 2.15. The first-order chi connectivity index (χ1) is 15.2. The van der Waals surface area contributed by atoms with Gasteiger partial charge < -0.3 is 29.0 Å². The molecule has 168 valence electrons. The van der Waals surface area contributed by atoms with Crippen molar-refractivity contribution in [2.75, 3.05) is 58.2 Å². The second-order valence-electron chi connectivity index (χ2n) is 6.43. The van der Waals surface area contributed by atoms with E-state index in [0.29, 0.717) is 69.9 Å². The molecule has 0 aliphatic heterocycles. The molecule has 0 aliphatic rings. The SMILES string of the molecule is CC(=O)Nc1ccc(OCCOCCOCCOCCOc2ccc(C=O)cc2)cc1. The number of benzene rings is 2. The zero-order valence-electron chi connectivity index (χ0n) is 17.7. The van der Waals surface area contributed by atoms with Crippen molar-refractivity contribution in [3.05, 3.63) is 54.1 Å². The number of hydrogen-bond donors (Lipinski definition) is 1. The van der Waals surface area contributed by atoms with Crippen molar-refractivity contribution in [2.24, 2.45) is 0 Å². The number of aldehydes is 1. The summed E-state index contributed by atoms with van der Waals surface area (Å²) in [5.74, 6) is 1.31. The maximum absolute atomic E-state index is 11.0. The molecule has 0 saturated heterocycles. The van der Waals surface area contributed by atoms with Gasteiger partial charge in [-0.15, -0.1) is 0 Å². The summed E-state index contributed by atoms with van der Waals surface area (Å²) in [4.78, 5) is 21.6. The maximum Gasteiger partial charge on any atom is 0.221 e. The number of ether oxygens (including phenoxy) is 5. The molecule has 0 radical (unpaired) electrons. The van der Waals surface area contributed by atoms with Crippen LogP contribution in [0.3, 0.4) is 0 Å². The van der Waals surface area contributed by atoms with Crippen LogP contribution in [0.1, 0.15) is 17.3 Å². The molecular weight excluding hydrogens is 402 g/mol. The lowest BCUT2D eigenvalue weighted by atomic mass is 10.2. The lowest BCUT2D eigenvalue weighted by molar-refractivity contribution is -0.114. The first-order valence-electron chi connectivity index (χ1n) is 10.1. The highest BCUT2D eigenvalue weighted by atomic mass is 16.6. The Kier molecular flexibility index (Phi) is 11.7. The molecule has 31 heavy (non-hydrogen) atoms. The molecule has 0 fully saturated rings. The van der Waals surface area contributed by atoms with Crippen molar-refractivity contribution in [3.63, 3.8) is 0 Å². The van der Waals surface area contributed by atoms with Crippen molar-refractivity contribution < 1.29 is 33.3 Å². The topological polar surface area (TPSA) is 92.3 Å². The van der Waals surface area contributed by atoms with Crippen LogP contribution in [0, 0.1) is 0 Å². The molecular formula is C23H29NO7. The van der Waals surface area contributed by atoms with Crippen molar-refractivity contribution in [2.45, 2.75) is 6.92 Å². The first-order valence-corrected chi connectivity index (χ1v) is 10.1. The van der Waals surface area contributed by atoms with E-state index in [2.05, 4.69) is 5.32 Å². The van der Waals surface area contributed by atoms with E-state index in [1.165, 1.54) is 6.92 Å². The molecule has 2 rings (SSSR count). The highest BCUT2D eigenvalue weighted by molar-refractivity contribution is 5.88. The summed E-state index contributed by atoms with van der Waals surface area (Å²) < 4.78 is 27.4. The molecule has 0 aromatic heterocycles. The monoisotopic (exact) mass is 431 g/mol. The third-order valence-corrected chi connectivity index (χ3v) is 3.93. The Bertz CT molecular complexity index is 762. The Morgan fingerprint density at radius 3 is 1.55 bits per heavy atom. The van der Waals surface area contributed by atoms with E-state index < -0.39 is 0 Å². The van der Waals surface area contributed by atoms with Crippen LogP contribution in [0.4, 0.5) is 5.69 Å². The molecule has 2 aromatic rings. The van der Waals surface area contributed by atoms with E-state index >= 15 is 0 Å². The van der Waals surface area contributed by atoms with Crippen LogP contribution in [0.15, 0.2) is 48.5 Å². The molecule has 8 heteroatoms. The smallest absolute Gasteiger partial charge is 0.221 e. The van der Waals surface area contributed by atoms with E-state index in [1.807, 2.05) is 0 Å². The number of hydrogen-bond acceptors (Lipinski definition) is 7. The third kappa shape index (κ3) is 11.1. The highest BCUT2D eigenvalue weighted by Gasteiger charge is 1.98. The van der Waals surface area contributed by atoms with E-state index in [1.54, 1.807) is 48.5 Å². The van der Waals surface area contributed by atoms with Crippen molar-refractivity contribution in [1.29, 1.82) is 0 Å². The van der Waals surface area contributed by atoms with Gasteiger partial charge in [-0.25, -0.2) is 0 Å². The van der Waals surface area contributed by atoms with Gasteiger partial charge in [0, 0.05) is 18.2 Å². The van der Waals surface area contributed by atoms with Crippen LogP contribution in [0.25, 0.3) is 0 Å². The van der Waals surface area contributed by atoms with Crippen molar-refractivity contribution in [3.8, 4) is 11.5 Å². The van der Waals surface area contributed by atoms with E-state index in [4.69, 9.17) is 23.7 Å².